The molecular weight excluding hydrogens is 490 g/mol. The normalized spacial score (nSPS) is 20.6. The van der Waals surface area contributed by atoms with Crippen LogP contribution in [0.5, 0.6) is 11.5 Å². The van der Waals surface area contributed by atoms with Crippen molar-refractivity contribution in [2.45, 2.75) is 37.8 Å². The lowest BCUT2D eigenvalue weighted by atomic mass is 9.86. The molecule has 0 spiro atoms. The van der Waals surface area contributed by atoms with Gasteiger partial charge in [-0.05, 0) is 47.0 Å². The van der Waals surface area contributed by atoms with Crippen molar-refractivity contribution in [3.8, 4) is 11.5 Å². The molecule has 33 heavy (non-hydrogen) atoms. The van der Waals surface area contributed by atoms with E-state index in [2.05, 4.69) is 25.8 Å². The van der Waals surface area contributed by atoms with E-state index < -0.39 is 0 Å². The van der Waals surface area contributed by atoms with Crippen molar-refractivity contribution >= 4 is 44.5 Å². The predicted molar refractivity (Wildman–Crippen MR) is 128 cm³/mol. The molecule has 1 saturated heterocycles. The summed E-state index contributed by atoms with van der Waals surface area (Å²) in [5.74, 6) is 2.42. The molecule has 9 nitrogen and oxygen atoms in total. The molecule has 3 heterocycles. The van der Waals surface area contributed by atoms with Gasteiger partial charge in [-0.2, -0.15) is 4.98 Å². The molecular formula is C23H26BrN5O4. The molecule has 1 aromatic carbocycles. The minimum absolute atomic E-state index is 0.0646. The number of nitrogen functional groups attached to an aromatic ring is 1. The van der Waals surface area contributed by atoms with Crippen LogP contribution in [-0.4, -0.2) is 60.2 Å². The third-order valence-corrected chi connectivity index (χ3v) is 7.02. The van der Waals surface area contributed by atoms with Crippen molar-refractivity contribution in [2.24, 2.45) is 0 Å². The number of benzene rings is 1. The van der Waals surface area contributed by atoms with E-state index in [4.69, 9.17) is 24.6 Å². The number of anilines is 2. The molecule has 2 aromatic heterocycles. The molecule has 2 fully saturated rings. The van der Waals surface area contributed by atoms with Crippen molar-refractivity contribution in [3.05, 3.63) is 34.7 Å². The predicted octanol–water partition coefficient (Wildman–Crippen LogP) is 3.86. The van der Waals surface area contributed by atoms with E-state index in [-0.39, 0.29) is 18.0 Å². The monoisotopic (exact) mass is 515 g/mol. The molecule has 174 valence electrons. The van der Waals surface area contributed by atoms with Crippen molar-refractivity contribution in [1.29, 1.82) is 0 Å². The summed E-state index contributed by atoms with van der Waals surface area (Å²) in [6, 6.07) is 7.27. The van der Waals surface area contributed by atoms with Gasteiger partial charge in [0, 0.05) is 24.5 Å². The van der Waals surface area contributed by atoms with Crippen molar-refractivity contribution in [3.63, 3.8) is 0 Å². The molecule has 1 amide bonds. The molecule has 0 unspecified atom stereocenters. The smallest absolute Gasteiger partial charge is 0.289 e. The molecule has 2 N–H and O–H groups in total. The van der Waals surface area contributed by atoms with Crippen LogP contribution in [-0.2, 0) is 0 Å². The van der Waals surface area contributed by atoms with Gasteiger partial charge in [0.05, 0.1) is 31.8 Å². The maximum absolute atomic E-state index is 13.2. The number of furan rings is 1. The molecule has 10 heteroatoms. The zero-order valence-corrected chi connectivity index (χ0v) is 20.2. The number of piperazine rings is 1. The van der Waals surface area contributed by atoms with Gasteiger partial charge in [-0.15, -0.1) is 0 Å². The number of carbonyl (C=O) groups excluding carboxylic acids is 1. The van der Waals surface area contributed by atoms with Gasteiger partial charge in [-0.3, -0.25) is 4.79 Å². The number of ether oxygens (including phenoxy) is 2. The van der Waals surface area contributed by atoms with E-state index in [9.17, 15) is 4.79 Å². The molecule has 0 radical (unpaired) electrons. The van der Waals surface area contributed by atoms with Crippen LogP contribution in [0, 0.1) is 0 Å². The van der Waals surface area contributed by atoms with E-state index in [0.29, 0.717) is 57.7 Å². The quantitative estimate of drug-likeness (QED) is 0.557. The van der Waals surface area contributed by atoms with E-state index in [1.54, 1.807) is 32.4 Å². The molecule has 2 atom stereocenters. The number of aromatic nitrogens is 2. The Morgan fingerprint density at radius 1 is 1.09 bits per heavy atom. The summed E-state index contributed by atoms with van der Waals surface area (Å²) in [7, 11) is 3.18. The van der Waals surface area contributed by atoms with Crippen LogP contribution in [0.15, 0.2) is 33.4 Å². The Hall–Kier alpha value is -3.01. The number of amides is 1. The van der Waals surface area contributed by atoms with Crippen LogP contribution in [0.2, 0.25) is 0 Å². The standard InChI is InChI=1S/C23H26BrN5O4/c1-31-18-11-13-14(12-19(18)32-2)26-23(27-21(13)25)29-10-9-28(15-5-3-4-6-16(15)29)22(30)17-7-8-20(24)33-17/h7-8,11-12,15-16H,3-6,9-10H2,1-2H3,(H2,25,26,27)/t15-,16-/m0/s1. The molecule has 3 aromatic rings. The SMILES string of the molecule is COc1cc2nc(N3CCN(C(=O)c4ccc(Br)o4)[C@H]4CCCC[C@@H]43)nc(N)c2cc1OC. The van der Waals surface area contributed by atoms with Crippen LogP contribution in [0.3, 0.4) is 0 Å². The van der Waals surface area contributed by atoms with E-state index >= 15 is 0 Å². The minimum Gasteiger partial charge on any atom is -0.493 e. The highest BCUT2D eigenvalue weighted by molar-refractivity contribution is 9.10. The average molecular weight is 516 g/mol. The summed E-state index contributed by atoms with van der Waals surface area (Å²) >= 11 is 3.29. The van der Waals surface area contributed by atoms with Crippen molar-refractivity contribution in [2.75, 3.05) is 37.9 Å². The number of nitrogens with two attached hydrogens (primary N) is 1. The number of hydrogen-bond acceptors (Lipinski definition) is 8. The summed E-state index contributed by atoms with van der Waals surface area (Å²) in [6.07, 6.45) is 4.07. The first-order valence-corrected chi connectivity index (χ1v) is 11.8. The summed E-state index contributed by atoms with van der Waals surface area (Å²) in [5, 5.41) is 0.716. The summed E-state index contributed by atoms with van der Waals surface area (Å²) in [4.78, 5) is 26.8. The van der Waals surface area contributed by atoms with E-state index in [1.807, 2.05) is 11.0 Å². The van der Waals surface area contributed by atoms with Gasteiger partial charge < -0.3 is 29.4 Å². The van der Waals surface area contributed by atoms with Gasteiger partial charge in [0.15, 0.2) is 21.9 Å². The lowest BCUT2D eigenvalue weighted by Crippen LogP contribution is -2.62. The van der Waals surface area contributed by atoms with E-state index in [1.165, 1.54) is 0 Å². The number of carbonyl (C=O) groups is 1. The number of nitrogens with zero attached hydrogens (tertiary/aromatic N) is 4. The van der Waals surface area contributed by atoms with Gasteiger partial charge in [-0.25, -0.2) is 4.98 Å². The first-order chi connectivity index (χ1) is 16.0. The Kier molecular flexibility index (Phi) is 5.77. The third kappa shape index (κ3) is 3.86. The second kappa shape index (κ2) is 8.74. The summed E-state index contributed by atoms with van der Waals surface area (Å²) < 4.78 is 16.9. The lowest BCUT2D eigenvalue weighted by molar-refractivity contribution is 0.0507. The summed E-state index contributed by atoms with van der Waals surface area (Å²) in [5.41, 5.74) is 7.04. The average Bonchev–Trinajstić information content (AvgIpc) is 3.28. The number of rotatable bonds is 4. The number of fused-ring (bicyclic) bond motifs is 2. The van der Waals surface area contributed by atoms with Gasteiger partial charge >= 0.3 is 0 Å². The maximum atomic E-state index is 13.2. The Morgan fingerprint density at radius 2 is 1.82 bits per heavy atom. The Morgan fingerprint density at radius 3 is 2.52 bits per heavy atom. The fourth-order valence-electron chi connectivity index (χ4n) is 5.03. The van der Waals surface area contributed by atoms with Crippen molar-refractivity contribution in [1.82, 2.24) is 14.9 Å². The Bertz CT molecular complexity index is 1200. The zero-order chi connectivity index (χ0) is 23.1. The molecule has 2 aliphatic rings. The fraction of sp³-hybridized carbons (Fsp3) is 0.435. The highest BCUT2D eigenvalue weighted by Crippen LogP contribution is 2.37. The largest absolute Gasteiger partial charge is 0.493 e. The van der Waals surface area contributed by atoms with Gasteiger partial charge in [0.25, 0.3) is 5.91 Å². The Labute approximate surface area is 200 Å². The first kappa shape index (κ1) is 21.8. The van der Waals surface area contributed by atoms with Crippen LogP contribution >= 0.6 is 15.9 Å². The maximum Gasteiger partial charge on any atom is 0.289 e. The fourth-order valence-corrected chi connectivity index (χ4v) is 5.34. The molecule has 1 saturated carbocycles. The van der Waals surface area contributed by atoms with Crippen LogP contribution < -0.4 is 20.1 Å². The van der Waals surface area contributed by atoms with Gasteiger partial charge in [-0.1, -0.05) is 12.8 Å². The first-order valence-electron chi connectivity index (χ1n) is 11.0. The second-order valence-corrected chi connectivity index (χ2v) is 9.13. The Balaban J connectivity index is 1.49. The molecule has 1 aliphatic heterocycles. The van der Waals surface area contributed by atoms with Crippen LogP contribution in [0.25, 0.3) is 10.9 Å². The zero-order valence-electron chi connectivity index (χ0n) is 18.6. The van der Waals surface area contributed by atoms with Crippen LogP contribution in [0.1, 0.15) is 36.2 Å². The molecule has 0 bridgehead atoms. The highest BCUT2D eigenvalue weighted by Gasteiger charge is 2.42. The van der Waals surface area contributed by atoms with E-state index in [0.717, 1.165) is 25.7 Å². The third-order valence-electron chi connectivity index (χ3n) is 6.60. The topological polar surface area (TPSA) is 107 Å². The summed E-state index contributed by atoms with van der Waals surface area (Å²) in [6.45, 7) is 1.18. The minimum atomic E-state index is -0.0759. The van der Waals surface area contributed by atoms with Gasteiger partial charge in [0.2, 0.25) is 5.95 Å². The molecule has 5 rings (SSSR count). The van der Waals surface area contributed by atoms with Crippen molar-refractivity contribution < 1.29 is 18.7 Å². The highest BCUT2D eigenvalue weighted by atomic mass is 79.9. The number of methoxy groups -OCH3 is 2. The number of hydrogen-bond donors (Lipinski definition) is 1. The van der Waals surface area contributed by atoms with Crippen LogP contribution in [0.4, 0.5) is 11.8 Å². The lowest BCUT2D eigenvalue weighted by Gasteiger charge is -2.49. The number of halogens is 1. The molecule has 1 aliphatic carbocycles. The van der Waals surface area contributed by atoms with Gasteiger partial charge in [0.1, 0.15) is 5.82 Å². The second-order valence-electron chi connectivity index (χ2n) is 8.35.